The Bertz CT molecular complexity index is 469. The van der Waals surface area contributed by atoms with Gasteiger partial charge in [-0.15, -0.1) is 0 Å². The molecule has 0 atom stereocenters. The quantitative estimate of drug-likeness (QED) is 0.434. The maximum Gasteiger partial charge on any atom is 0.488 e. The van der Waals surface area contributed by atoms with Crippen molar-refractivity contribution in [1.82, 2.24) is 0 Å². The smallest absolute Gasteiger partial charge is 0.358 e. The zero-order chi connectivity index (χ0) is 12.2. The molecule has 0 heterocycles. The fourth-order valence-corrected chi connectivity index (χ4v) is 1.83. The van der Waals surface area contributed by atoms with Crippen LogP contribution in [0.1, 0.15) is 19.8 Å². The average molecular weight is 244 g/mol. The van der Waals surface area contributed by atoms with Gasteiger partial charge in [0.05, 0.1) is 0 Å². The van der Waals surface area contributed by atoms with Crippen LogP contribution in [0.4, 0.5) is 3.89 Å². The van der Waals surface area contributed by atoms with Crippen LogP contribution in [-0.4, -0.2) is 8.42 Å². The SMILES string of the molecule is C=C/C=C(/OS(=O)(=O)F)C1=CCCC=C1C. The van der Waals surface area contributed by atoms with E-state index in [1.165, 1.54) is 12.2 Å². The molecule has 0 radical (unpaired) electrons. The molecular formula is C11H13FO3S. The van der Waals surface area contributed by atoms with E-state index in [2.05, 4.69) is 10.8 Å². The summed E-state index contributed by atoms with van der Waals surface area (Å²) in [6, 6.07) is 0. The average Bonchev–Trinajstić information content (AvgIpc) is 2.16. The van der Waals surface area contributed by atoms with E-state index in [-0.39, 0.29) is 5.76 Å². The molecular weight excluding hydrogens is 231 g/mol. The van der Waals surface area contributed by atoms with Gasteiger partial charge in [0.25, 0.3) is 0 Å². The second-order valence-corrected chi connectivity index (χ2v) is 4.28. The van der Waals surface area contributed by atoms with Crippen LogP contribution in [0.25, 0.3) is 0 Å². The second kappa shape index (κ2) is 5.12. The van der Waals surface area contributed by atoms with Gasteiger partial charge in [0.2, 0.25) is 0 Å². The van der Waals surface area contributed by atoms with E-state index in [1.54, 1.807) is 0 Å². The molecule has 0 amide bonds. The Morgan fingerprint density at radius 1 is 1.50 bits per heavy atom. The molecule has 1 aliphatic rings. The number of hydrogen-bond acceptors (Lipinski definition) is 3. The molecule has 5 heteroatoms. The van der Waals surface area contributed by atoms with Crippen LogP contribution in [0.2, 0.25) is 0 Å². The van der Waals surface area contributed by atoms with Crippen molar-refractivity contribution in [2.24, 2.45) is 0 Å². The summed E-state index contributed by atoms with van der Waals surface area (Å²) in [6.07, 6.45) is 8.10. The molecule has 0 N–H and O–H groups in total. The van der Waals surface area contributed by atoms with Crippen LogP contribution in [-0.2, 0) is 14.7 Å². The minimum Gasteiger partial charge on any atom is -0.358 e. The van der Waals surface area contributed by atoms with Crippen LogP contribution >= 0.6 is 0 Å². The zero-order valence-corrected chi connectivity index (χ0v) is 9.76. The highest BCUT2D eigenvalue weighted by atomic mass is 32.3. The van der Waals surface area contributed by atoms with E-state index in [4.69, 9.17) is 0 Å². The van der Waals surface area contributed by atoms with Gasteiger partial charge < -0.3 is 4.18 Å². The first-order valence-electron chi connectivity index (χ1n) is 4.78. The molecule has 16 heavy (non-hydrogen) atoms. The maximum atomic E-state index is 12.5. The molecule has 0 saturated carbocycles. The van der Waals surface area contributed by atoms with Gasteiger partial charge in [-0.05, 0) is 31.4 Å². The zero-order valence-electron chi connectivity index (χ0n) is 8.94. The third-order valence-electron chi connectivity index (χ3n) is 2.11. The highest BCUT2D eigenvalue weighted by molar-refractivity contribution is 7.81. The van der Waals surface area contributed by atoms with Crippen molar-refractivity contribution in [2.45, 2.75) is 19.8 Å². The van der Waals surface area contributed by atoms with E-state index < -0.39 is 10.5 Å². The van der Waals surface area contributed by atoms with Gasteiger partial charge >= 0.3 is 10.5 Å². The van der Waals surface area contributed by atoms with Crippen molar-refractivity contribution >= 4 is 10.5 Å². The van der Waals surface area contributed by atoms with E-state index in [9.17, 15) is 12.3 Å². The molecule has 0 saturated heterocycles. The standard InChI is InChI=1S/C11H13FO3S/c1-3-6-11(15-16(12,13)14)10-8-5-4-7-9(10)2/h3,6-8H,1,4-5H2,2H3/b11-6+. The van der Waals surface area contributed by atoms with Gasteiger partial charge in [0, 0.05) is 5.57 Å². The molecule has 0 aromatic carbocycles. The Hall–Kier alpha value is -1.36. The minimum absolute atomic E-state index is 0.0362. The summed E-state index contributed by atoms with van der Waals surface area (Å²) in [5.41, 5.74) is 1.45. The summed E-state index contributed by atoms with van der Waals surface area (Å²) >= 11 is 0. The van der Waals surface area contributed by atoms with Crippen molar-refractivity contribution in [1.29, 1.82) is 0 Å². The van der Waals surface area contributed by atoms with Crippen LogP contribution in [0.3, 0.4) is 0 Å². The Balaban J connectivity index is 3.05. The molecule has 1 rings (SSSR count). The lowest BCUT2D eigenvalue weighted by molar-refractivity contribution is 0.378. The second-order valence-electron chi connectivity index (χ2n) is 3.33. The molecule has 0 aromatic rings. The predicted octanol–water partition coefficient (Wildman–Crippen LogP) is 2.95. The van der Waals surface area contributed by atoms with Gasteiger partial charge in [-0.3, -0.25) is 0 Å². The largest absolute Gasteiger partial charge is 0.488 e. The van der Waals surface area contributed by atoms with E-state index in [1.807, 2.05) is 19.1 Å². The number of halogens is 1. The van der Waals surface area contributed by atoms with Crippen LogP contribution in [0, 0.1) is 0 Å². The molecule has 0 aromatic heterocycles. The van der Waals surface area contributed by atoms with Gasteiger partial charge in [-0.1, -0.05) is 28.7 Å². The van der Waals surface area contributed by atoms with E-state index in [0.717, 1.165) is 18.4 Å². The first-order valence-corrected chi connectivity index (χ1v) is 6.09. The summed E-state index contributed by atoms with van der Waals surface area (Å²) in [7, 11) is -5.00. The van der Waals surface area contributed by atoms with Crippen molar-refractivity contribution in [3.63, 3.8) is 0 Å². The third kappa shape index (κ3) is 3.66. The Morgan fingerprint density at radius 3 is 2.62 bits per heavy atom. The monoisotopic (exact) mass is 244 g/mol. The fourth-order valence-electron chi connectivity index (χ4n) is 1.47. The van der Waals surface area contributed by atoms with Crippen molar-refractivity contribution in [3.05, 3.63) is 47.8 Å². The highest BCUT2D eigenvalue weighted by Crippen LogP contribution is 2.27. The highest BCUT2D eigenvalue weighted by Gasteiger charge is 2.17. The lowest BCUT2D eigenvalue weighted by atomic mass is 9.97. The molecule has 0 aliphatic heterocycles. The fraction of sp³-hybridized carbons (Fsp3) is 0.273. The van der Waals surface area contributed by atoms with Gasteiger partial charge in [-0.25, -0.2) is 0 Å². The summed E-state index contributed by atoms with van der Waals surface area (Å²) in [5.74, 6) is -0.0362. The lowest BCUT2D eigenvalue weighted by Crippen LogP contribution is -2.04. The first kappa shape index (κ1) is 12.7. The molecule has 0 unspecified atom stereocenters. The molecule has 0 fully saturated rings. The summed E-state index contributed by atoms with van der Waals surface area (Å²) < 4.78 is 37.7. The van der Waals surface area contributed by atoms with Crippen LogP contribution in [0.15, 0.2) is 47.8 Å². The lowest BCUT2D eigenvalue weighted by Gasteiger charge is -2.14. The number of allylic oxidation sites excluding steroid dienone is 5. The van der Waals surface area contributed by atoms with Crippen molar-refractivity contribution < 1.29 is 16.5 Å². The number of hydrogen-bond donors (Lipinski definition) is 0. The predicted molar refractivity (Wildman–Crippen MR) is 60.5 cm³/mol. The molecule has 0 spiro atoms. The molecule has 88 valence electrons. The maximum absolute atomic E-state index is 12.5. The Morgan fingerprint density at radius 2 is 2.12 bits per heavy atom. The Labute approximate surface area is 95.0 Å². The number of rotatable bonds is 4. The summed E-state index contributed by atoms with van der Waals surface area (Å²) in [5, 5.41) is 0. The van der Waals surface area contributed by atoms with E-state index in [0.29, 0.717) is 5.57 Å². The summed E-state index contributed by atoms with van der Waals surface area (Å²) in [4.78, 5) is 0. The van der Waals surface area contributed by atoms with Gasteiger partial charge in [0.1, 0.15) is 0 Å². The van der Waals surface area contributed by atoms with Crippen LogP contribution in [0.5, 0.6) is 0 Å². The summed E-state index contributed by atoms with van der Waals surface area (Å²) in [6.45, 7) is 5.25. The van der Waals surface area contributed by atoms with Crippen molar-refractivity contribution in [3.8, 4) is 0 Å². The normalized spacial score (nSPS) is 17.5. The third-order valence-corrected chi connectivity index (χ3v) is 2.49. The van der Waals surface area contributed by atoms with Crippen molar-refractivity contribution in [2.75, 3.05) is 0 Å². The van der Waals surface area contributed by atoms with E-state index >= 15 is 0 Å². The molecule has 0 bridgehead atoms. The topological polar surface area (TPSA) is 43.4 Å². The van der Waals surface area contributed by atoms with Gasteiger partial charge in [0.15, 0.2) is 5.76 Å². The Kier molecular flexibility index (Phi) is 4.06. The molecule has 3 nitrogen and oxygen atoms in total. The first-order chi connectivity index (χ1) is 7.44. The van der Waals surface area contributed by atoms with Gasteiger partial charge in [-0.2, -0.15) is 8.42 Å². The minimum atomic E-state index is -5.00. The molecule has 1 aliphatic carbocycles. The van der Waals surface area contributed by atoms with Crippen LogP contribution < -0.4 is 0 Å².